The maximum absolute atomic E-state index is 12.1. The van der Waals surface area contributed by atoms with E-state index in [9.17, 15) is 18.6 Å². The number of nitrogens with one attached hydrogen (secondary N) is 1. The molecule has 0 radical (unpaired) electrons. The van der Waals surface area contributed by atoms with Crippen LogP contribution in [0.5, 0.6) is 0 Å². The van der Waals surface area contributed by atoms with Crippen molar-refractivity contribution in [2.75, 3.05) is 13.6 Å². The summed E-state index contributed by atoms with van der Waals surface area (Å²) in [6.07, 6.45) is -1.64. The molecule has 0 aromatic heterocycles. The van der Waals surface area contributed by atoms with Gasteiger partial charge in [-0.2, -0.15) is 0 Å². The number of hydrogen-bond donors (Lipinski definition) is 3. The normalized spacial score (nSPS) is 15.3. The molecule has 1 aromatic carbocycles. The second kappa shape index (κ2) is 7.17. The smallest absolute Gasteiger partial charge is 0.180 e. The van der Waals surface area contributed by atoms with E-state index in [2.05, 4.69) is 5.32 Å². The molecule has 0 saturated carbocycles. The Kier molecular flexibility index (Phi) is 6.13. The highest BCUT2D eigenvalue weighted by atomic mass is 32.2. The van der Waals surface area contributed by atoms with E-state index >= 15 is 0 Å². The average molecular weight is 301 g/mol. The molecule has 0 spiro atoms. The predicted octanol–water partition coefficient (Wildman–Crippen LogP) is 0.872. The zero-order valence-corrected chi connectivity index (χ0v) is 12.9. The van der Waals surface area contributed by atoms with E-state index in [1.807, 2.05) is 0 Å². The second-order valence-electron chi connectivity index (χ2n) is 5.07. The summed E-state index contributed by atoms with van der Waals surface area (Å²) in [5.74, 6) is 0. The molecule has 1 rings (SSSR count). The molecule has 2 atom stereocenters. The molecule has 0 bridgehead atoms. The van der Waals surface area contributed by atoms with Crippen molar-refractivity contribution in [3.63, 3.8) is 0 Å². The van der Waals surface area contributed by atoms with Gasteiger partial charge in [0.1, 0.15) is 6.10 Å². The Morgan fingerprint density at radius 1 is 1.25 bits per heavy atom. The zero-order valence-electron chi connectivity index (χ0n) is 12.1. The molecule has 0 aliphatic carbocycles. The Labute approximate surface area is 120 Å². The summed E-state index contributed by atoms with van der Waals surface area (Å²) in [4.78, 5) is 0.171. The van der Waals surface area contributed by atoms with E-state index in [1.54, 1.807) is 33.0 Å². The summed E-state index contributed by atoms with van der Waals surface area (Å²) in [5, 5.41) is 22.3. The molecule has 0 fully saturated rings. The van der Waals surface area contributed by atoms with Gasteiger partial charge in [0.2, 0.25) is 0 Å². The first-order valence-electron chi connectivity index (χ1n) is 6.65. The van der Waals surface area contributed by atoms with Crippen molar-refractivity contribution in [2.24, 2.45) is 0 Å². The lowest BCUT2D eigenvalue weighted by molar-refractivity contribution is 0.0139. The third-order valence-corrected chi connectivity index (χ3v) is 5.36. The van der Waals surface area contributed by atoms with E-state index in [-0.39, 0.29) is 4.90 Å². The van der Waals surface area contributed by atoms with Crippen LogP contribution in [0.15, 0.2) is 29.2 Å². The predicted molar refractivity (Wildman–Crippen MR) is 78.3 cm³/mol. The highest BCUT2D eigenvalue weighted by Crippen LogP contribution is 2.23. The first-order valence-corrected chi connectivity index (χ1v) is 8.20. The fraction of sp³-hybridized carbons (Fsp3) is 0.571. The first kappa shape index (κ1) is 17.1. The molecule has 1 aromatic rings. The van der Waals surface area contributed by atoms with Crippen LogP contribution in [0.25, 0.3) is 0 Å². The van der Waals surface area contributed by atoms with Crippen LogP contribution in [0, 0.1) is 0 Å². The highest BCUT2D eigenvalue weighted by Gasteiger charge is 2.22. The molecule has 114 valence electrons. The van der Waals surface area contributed by atoms with Crippen LogP contribution in [0.4, 0.5) is 0 Å². The van der Waals surface area contributed by atoms with Crippen LogP contribution < -0.4 is 5.32 Å². The van der Waals surface area contributed by atoms with Crippen LogP contribution in [0.2, 0.25) is 0 Å². The van der Waals surface area contributed by atoms with Crippen LogP contribution in [-0.4, -0.2) is 43.6 Å². The molecular weight excluding hydrogens is 278 g/mol. The largest absolute Gasteiger partial charge is 0.390 e. The molecule has 0 saturated heterocycles. The molecule has 0 aliphatic heterocycles. The second-order valence-corrected chi connectivity index (χ2v) is 7.57. The van der Waals surface area contributed by atoms with Crippen molar-refractivity contribution < 1.29 is 18.6 Å². The quantitative estimate of drug-likeness (QED) is 0.696. The van der Waals surface area contributed by atoms with Crippen LogP contribution in [0.3, 0.4) is 0 Å². The summed E-state index contributed by atoms with van der Waals surface area (Å²) in [6.45, 7) is 3.79. The molecule has 20 heavy (non-hydrogen) atoms. The maximum Gasteiger partial charge on any atom is 0.180 e. The molecule has 6 heteroatoms. The van der Waals surface area contributed by atoms with Crippen molar-refractivity contribution in [3.8, 4) is 0 Å². The van der Waals surface area contributed by atoms with E-state index in [1.165, 1.54) is 12.1 Å². The van der Waals surface area contributed by atoms with Gasteiger partial charge in [-0.25, -0.2) is 8.42 Å². The van der Waals surface area contributed by atoms with Crippen molar-refractivity contribution in [2.45, 2.75) is 42.6 Å². The molecular formula is C14H23NO4S. The first-order chi connectivity index (χ1) is 9.30. The van der Waals surface area contributed by atoms with Gasteiger partial charge in [-0.1, -0.05) is 12.1 Å². The average Bonchev–Trinajstić information content (AvgIpc) is 2.43. The van der Waals surface area contributed by atoms with E-state index in [4.69, 9.17) is 0 Å². The lowest BCUT2D eigenvalue weighted by Crippen LogP contribution is -2.23. The Morgan fingerprint density at radius 3 is 2.45 bits per heavy atom. The maximum atomic E-state index is 12.1. The van der Waals surface area contributed by atoms with Gasteiger partial charge in [-0.05, 0) is 51.6 Å². The van der Waals surface area contributed by atoms with Crippen LogP contribution >= 0.6 is 0 Å². The molecule has 2 unspecified atom stereocenters. The van der Waals surface area contributed by atoms with Gasteiger partial charge in [-0.3, -0.25) is 0 Å². The van der Waals surface area contributed by atoms with Gasteiger partial charge in [0.25, 0.3) is 0 Å². The molecule has 0 aliphatic rings. The molecule has 3 N–H and O–H groups in total. The SMILES string of the molecule is CNCCC(O)C(O)c1cccc(S(=O)(=O)C(C)C)c1. The summed E-state index contributed by atoms with van der Waals surface area (Å²) in [6, 6.07) is 6.14. The van der Waals surface area contributed by atoms with Crippen molar-refractivity contribution >= 4 is 9.84 Å². The van der Waals surface area contributed by atoms with Crippen molar-refractivity contribution in [1.82, 2.24) is 5.32 Å². The standard InChI is InChI=1S/C14H23NO4S/c1-10(2)20(18,19)12-6-4-5-11(9-12)14(17)13(16)7-8-15-3/h4-6,9-10,13-17H,7-8H2,1-3H3. The highest BCUT2D eigenvalue weighted by molar-refractivity contribution is 7.92. The topological polar surface area (TPSA) is 86.6 Å². The van der Waals surface area contributed by atoms with E-state index in [0.29, 0.717) is 18.5 Å². The summed E-state index contributed by atoms with van der Waals surface area (Å²) in [7, 11) is -1.62. The lowest BCUT2D eigenvalue weighted by atomic mass is 10.0. The number of rotatable bonds is 7. The molecule has 5 nitrogen and oxygen atoms in total. The van der Waals surface area contributed by atoms with Gasteiger partial charge in [0.15, 0.2) is 9.84 Å². The van der Waals surface area contributed by atoms with Crippen molar-refractivity contribution in [1.29, 1.82) is 0 Å². The van der Waals surface area contributed by atoms with E-state index < -0.39 is 27.3 Å². The van der Waals surface area contributed by atoms with Crippen LogP contribution in [0.1, 0.15) is 31.9 Å². The third-order valence-electron chi connectivity index (χ3n) is 3.20. The lowest BCUT2D eigenvalue weighted by Gasteiger charge is -2.19. The monoisotopic (exact) mass is 301 g/mol. The Morgan fingerprint density at radius 2 is 1.90 bits per heavy atom. The minimum Gasteiger partial charge on any atom is -0.390 e. The summed E-state index contributed by atoms with van der Waals surface area (Å²) >= 11 is 0. The van der Waals surface area contributed by atoms with Crippen molar-refractivity contribution in [3.05, 3.63) is 29.8 Å². The van der Waals surface area contributed by atoms with Gasteiger partial charge in [-0.15, -0.1) is 0 Å². The zero-order chi connectivity index (χ0) is 15.3. The van der Waals surface area contributed by atoms with Gasteiger partial charge in [0.05, 0.1) is 16.2 Å². The number of aliphatic hydroxyl groups excluding tert-OH is 2. The number of benzene rings is 1. The Bertz CT molecular complexity index is 528. The summed E-state index contributed by atoms with van der Waals surface area (Å²) < 4.78 is 24.2. The summed E-state index contributed by atoms with van der Waals surface area (Å²) in [5.41, 5.74) is 0.412. The Hall–Kier alpha value is -0.950. The minimum atomic E-state index is -3.38. The third kappa shape index (κ3) is 4.02. The van der Waals surface area contributed by atoms with E-state index in [0.717, 1.165) is 0 Å². The minimum absolute atomic E-state index is 0.171. The molecule has 0 amide bonds. The van der Waals surface area contributed by atoms with Crippen LogP contribution in [-0.2, 0) is 9.84 Å². The fourth-order valence-electron chi connectivity index (χ4n) is 1.82. The fourth-order valence-corrected chi connectivity index (χ4v) is 2.93. The molecule has 0 heterocycles. The van der Waals surface area contributed by atoms with Gasteiger partial charge in [0, 0.05) is 0 Å². The number of aliphatic hydroxyl groups is 2. The number of sulfone groups is 1. The number of hydrogen-bond acceptors (Lipinski definition) is 5. The Balaban J connectivity index is 2.99. The van der Waals surface area contributed by atoms with Gasteiger partial charge < -0.3 is 15.5 Å². The van der Waals surface area contributed by atoms with Gasteiger partial charge >= 0.3 is 0 Å².